The fourth-order valence-electron chi connectivity index (χ4n) is 2.90. The third-order valence-corrected chi connectivity index (χ3v) is 4.29. The molecule has 110 valence electrons. The van der Waals surface area contributed by atoms with Crippen LogP contribution in [0.3, 0.4) is 0 Å². The van der Waals surface area contributed by atoms with Gasteiger partial charge < -0.3 is 10.3 Å². The molecule has 0 aliphatic rings. The first-order chi connectivity index (χ1) is 9.67. The predicted molar refractivity (Wildman–Crippen MR) is 86.1 cm³/mol. The molecule has 1 aromatic carbocycles. The Morgan fingerprint density at radius 2 is 2.10 bits per heavy atom. The highest BCUT2D eigenvalue weighted by Gasteiger charge is 2.13. The van der Waals surface area contributed by atoms with E-state index in [0.29, 0.717) is 5.92 Å². The van der Waals surface area contributed by atoms with Crippen LogP contribution in [-0.4, -0.2) is 16.1 Å². The van der Waals surface area contributed by atoms with E-state index in [9.17, 15) is 0 Å². The van der Waals surface area contributed by atoms with Gasteiger partial charge in [-0.1, -0.05) is 37.4 Å². The van der Waals surface area contributed by atoms with Gasteiger partial charge >= 0.3 is 0 Å². The molecule has 2 N–H and O–H groups in total. The normalized spacial score (nSPS) is 13.0. The molecule has 1 aromatic heterocycles. The molecule has 0 fully saturated rings. The van der Waals surface area contributed by atoms with Crippen molar-refractivity contribution in [2.75, 3.05) is 6.54 Å². The minimum atomic E-state index is 0.709. The maximum absolute atomic E-state index is 6.26. The smallest absolute Gasteiger partial charge is 0.109 e. The summed E-state index contributed by atoms with van der Waals surface area (Å²) in [4.78, 5) is 4.71. The fraction of sp³-hybridized carbons (Fsp3) is 0.562. The number of para-hydroxylation sites is 1. The van der Waals surface area contributed by atoms with Crippen LogP contribution in [0.4, 0.5) is 0 Å². The number of halogens is 1. The topological polar surface area (TPSA) is 43.8 Å². The van der Waals surface area contributed by atoms with Crippen LogP contribution in [0.5, 0.6) is 0 Å². The van der Waals surface area contributed by atoms with Crippen LogP contribution < -0.4 is 5.73 Å². The van der Waals surface area contributed by atoms with Crippen molar-refractivity contribution in [2.24, 2.45) is 18.7 Å². The van der Waals surface area contributed by atoms with Gasteiger partial charge in [-0.15, -0.1) is 0 Å². The number of aryl methyl sites for hydroxylation is 2. The second-order valence-corrected chi connectivity index (χ2v) is 5.87. The monoisotopic (exact) mass is 293 g/mol. The average molecular weight is 294 g/mol. The first-order valence-electron chi connectivity index (χ1n) is 7.47. The standard InChI is InChI=1S/C16H24ClN3/c1-3-5-12(10-11-18)8-9-15-19-14-7-4-6-13(17)16(14)20(15)2/h4,6-7,12H,3,5,8-11,18H2,1-2H3. The highest BCUT2D eigenvalue weighted by Crippen LogP contribution is 2.25. The van der Waals surface area contributed by atoms with Gasteiger partial charge in [0.25, 0.3) is 0 Å². The van der Waals surface area contributed by atoms with Gasteiger partial charge in [0, 0.05) is 13.5 Å². The molecule has 2 aromatic rings. The molecule has 0 bridgehead atoms. The maximum atomic E-state index is 6.26. The van der Waals surface area contributed by atoms with E-state index in [4.69, 9.17) is 22.3 Å². The van der Waals surface area contributed by atoms with Gasteiger partial charge in [-0.2, -0.15) is 0 Å². The van der Waals surface area contributed by atoms with Crippen LogP contribution in [0.2, 0.25) is 5.02 Å². The van der Waals surface area contributed by atoms with E-state index in [-0.39, 0.29) is 0 Å². The Morgan fingerprint density at radius 3 is 2.75 bits per heavy atom. The number of rotatable bonds is 7. The summed E-state index contributed by atoms with van der Waals surface area (Å²) in [7, 11) is 2.05. The van der Waals surface area contributed by atoms with Crippen LogP contribution >= 0.6 is 11.6 Å². The van der Waals surface area contributed by atoms with Gasteiger partial charge in [0.05, 0.1) is 16.1 Å². The summed E-state index contributed by atoms with van der Waals surface area (Å²) in [5.74, 6) is 1.83. The number of nitrogens with two attached hydrogens (primary N) is 1. The van der Waals surface area contributed by atoms with E-state index in [2.05, 4.69) is 11.5 Å². The summed E-state index contributed by atoms with van der Waals surface area (Å²) < 4.78 is 2.13. The van der Waals surface area contributed by atoms with Crippen molar-refractivity contribution in [3.05, 3.63) is 29.0 Å². The molecule has 1 atom stereocenters. The lowest BCUT2D eigenvalue weighted by Gasteiger charge is -2.14. The zero-order valence-electron chi connectivity index (χ0n) is 12.4. The summed E-state index contributed by atoms with van der Waals surface area (Å²) in [6, 6.07) is 5.90. The molecule has 4 heteroatoms. The zero-order chi connectivity index (χ0) is 14.5. The van der Waals surface area contributed by atoms with Crippen molar-refractivity contribution in [3.63, 3.8) is 0 Å². The Kier molecular flexibility index (Phi) is 5.44. The molecule has 0 radical (unpaired) electrons. The quantitative estimate of drug-likeness (QED) is 0.841. The molecule has 3 nitrogen and oxygen atoms in total. The van der Waals surface area contributed by atoms with Crippen molar-refractivity contribution >= 4 is 22.6 Å². The summed E-state index contributed by atoms with van der Waals surface area (Å²) >= 11 is 6.26. The molecule has 20 heavy (non-hydrogen) atoms. The third-order valence-electron chi connectivity index (χ3n) is 3.99. The number of nitrogens with zero attached hydrogens (tertiary/aromatic N) is 2. The van der Waals surface area contributed by atoms with Crippen molar-refractivity contribution < 1.29 is 0 Å². The first kappa shape index (κ1) is 15.3. The SMILES string of the molecule is CCCC(CCN)CCc1nc2cccc(Cl)c2n1C. The molecule has 0 spiro atoms. The lowest BCUT2D eigenvalue weighted by molar-refractivity contribution is 0.416. The fourth-order valence-corrected chi connectivity index (χ4v) is 3.20. The second-order valence-electron chi connectivity index (χ2n) is 5.47. The van der Waals surface area contributed by atoms with Gasteiger partial charge in [-0.25, -0.2) is 4.98 Å². The number of aromatic nitrogens is 2. The van der Waals surface area contributed by atoms with Crippen LogP contribution in [0.15, 0.2) is 18.2 Å². The second kappa shape index (κ2) is 7.09. The molecule has 1 heterocycles. The van der Waals surface area contributed by atoms with Gasteiger partial charge in [-0.3, -0.25) is 0 Å². The molecule has 0 amide bonds. The minimum absolute atomic E-state index is 0.709. The van der Waals surface area contributed by atoms with Crippen LogP contribution in [0, 0.1) is 5.92 Å². The van der Waals surface area contributed by atoms with Crippen molar-refractivity contribution in [2.45, 2.75) is 39.0 Å². The molecular weight excluding hydrogens is 270 g/mol. The molecule has 0 saturated carbocycles. The lowest BCUT2D eigenvalue weighted by atomic mass is 9.94. The third kappa shape index (κ3) is 3.33. The Labute approximate surface area is 126 Å². The molecule has 1 unspecified atom stereocenters. The van der Waals surface area contributed by atoms with E-state index in [1.165, 1.54) is 12.8 Å². The maximum Gasteiger partial charge on any atom is 0.109 e. The molecule has 2 rings (SSSR count). The number of fused-ring (bicyclic) bond motifs is 1. The summed E-state index contributed by atoms with van der Waals surface area (Å²) in [6.45, 7) is 3.01. The molecule has 0 aliphatic heterocycles. The zero-order valence-corrected chi connectivity index (χ0v) is 13.2. The van der Waals surface area contributed by atoms with E-state index in [0.717, 1.165) is 47.7 Å². The van der Waals surface area contributed by atoms with Gasteiger partial charge in [0.15, 0.2) is 0 Å². The number of imidazole rings is 1. The van der Waals surface area contributed by atoms with Crippen LogP contribution in [0.25, 0.3) is 11.0 Å². The summed E-state index contributed by atoms with van der Waals surface area (Å²) in [6.07, 6.45) is 5.73. The average Bonchev–Trinajstić information content (AvgIpc) is 2.75. The highest BCUT2D eigenvalue weighted by atomic mass is 35.5. The van der Waals surface area contributed by atoms with Crippen molar-refractivity contribution in [1.82, 2.24) is 9.55 Å². The summed E-state index contributed by atoms with van der Waals surface area (Å²) in [5, 5.41) is 0.774. The Balaban J connectivity index is 2.13. The highest BCUT2D eigenvalue weighted by molar-refractivity contribution is 6.35. The van der Waals surface area contributed by atoms with Crippen molar-refractivity contribution in [3.8, 4) is 0 Å². The largest absolute Gasteiger partial charge is 0.330 e. The number of hydrogen-bond donors (Lipinski definition) is 1. The predicted octanol–water partition coefficient (Wildman–Crippen LogP) is 3.92. The van der Waals surface area contributed by atoms with Gasteiger partial charge in [0.2, 0.25) is 0 Å². The van der Waals surface area contributed by atoms with E-state index < -0.39 is 0 Å². The molecular formula is C16H24ClN3. The van der Waals surface area contributed by atoms with Crippen LogP contribution in [-0.2, 0) is 13.5 Å². The van der Waals surface area contributed by atoms with E-state index in [1.807, 2.05) is 25.2 Å². The van der Waals surface area contributed by atoms with Gasteiger partial charge in [-0.05, 0) is 37.4 Å². The summed E-state index contributed by atoms with van der Waals surface area (Å²) in [5.41, 5.74) is 7.73. The number of benzene rings is 1. The Morgan fingerprint density at radius 1 is 1.30 bits per heavy atom. The Bertz CT molecular complexity index is 556. The van der Waals surface area contributed by atoms with Crippen LogP contribution in [0.1, 0.15) is 38.4 Å². The van der Waals surface area contributed by atoms with Gasteiger partial charge in [0.1, 0.15) is 5.82 Å². The molecule has 0 saturated heterocycles. The van der Waals surface area contributed by atoms with Crippen molar-refractivity contribution in [1.29, 1.82) is 0 Å². The minimum Gasteiger partial charge on any atom is -0.330 e. The Hall–Kier alpha value is -1.06. The van der Waals surface area contributed by atoms with E-state index in [1.54, 1.807) is 0 Å². The molecule has 0 aliphatic carbocycles. The lowest BCUT2D eigenvalue weighted by Crippen LogP contribution is -2.11. The number of hydrogen-bond acceptors (Lipinski definition) is 2. The van der Waals surface area contributed by atoms with E-state index >= 15 is 0 Å². The first-order valence-corrected chi connectivity index (χ1v) is 7.85.